The van der Waals surface area contributed by atoms with Crippen molar-refractivity contribution in [3.8, 4) is 0 Å². The van der Waals surface area contributed by atoms with Crippen molar-refractivity contribution in [2.75, 3.05) is 6.54 Å². The largest absolute Gasteiger partial charge is 0.369 e. The van der Waals surface area contributed by atoms with E-state index >= 15 is 0 Å². The first-order chi connectivity index (χ1) is 8.63. The second-order valence-electron chi connectivity index (χ2n) is 5.47. The lowest BCUT2D eigenvalue weighted by Crippen LogP contribution is -2.36. The molecule has 0 aliphatic rings. The molecule has 0 aliphatic carbocycles. The number of aliphatic hydroxyl groups is 1. The lowest BCUT2D eigenvalue weighted by atomic mass is 9.96. The van der Waals surface area contributed by atoms with Crippen LogP contribution in [0.3, 0.4) is 0 Å². The van der Waals surface area contributed by atoms with E-state index in [1.165, 1.54) is 0 Å². The summed E-state index contributed by atoms with van der Waals surface area (Å²) in [5, 5.41) is 8.59. The second kappa shape index (κ2) is 6.23. The van der Waals surface area contributed by atoms with Crippen LogP contribution in [0.5, 0.6) is 0 Å². The summed E-state index contributed by atoms with van der Waals surface area (Å²) in [6.07, 6.45) is -1.04. The minimum absolute atomic E-state index is 0.0710. The molecule has 0 aromatic heterocycles. The van der Waals surface area contributed by atoms with E-state index in [4.69, 9.17) is 19.6 Å². The quantitative estimate of drug-likeness (QED) is 0.290. The van der Waals surface area contributed by atoms with E-state index in [1.807, 2.05) is 0 Å². The summed E-state index contributed by atoms with van der Waals surface area (Å²) in [5.41, 5.74) is -0.664. The summed E-state index contributed by atoms with van der Waals surface area (Å²) < 4.78 is 22.1. The van der Waals surface area contributed by atoms with E-state index in [1.54, 1.807) is 20.8 Å². The molecule has 0 aliphatic heterocycles. The molecule has 0 rings (SSSR count). The SMILES string of the molecule is CC(C)(C)C(=O)NCCCC(O)(P(=O)(O)O)P(=O)(O)O. The molecule has 0 saturated carbocycles. The Balaban J connectivity index is 4.67. The fourth-order valence-electron chi connectivity index (χ4n) is 1.25. The summed E-state index contributed by atoms with van der Waals surface area (Å²) in [6, 6.07) is 0. The molecule has 0 unspecified atom stereocenters. The number of hydrogen-bond acceptors (Lipinski definition) is 4. The van der Waals surface area contributed by atoms with E-state index in [0.29, 0.717) is 0 Å². The molecule has 0 fully saturated rings. The first-order valence-corrected chi connectivity index (χ1v) is 8.97. The van der Waals surface area contributed by atoms with Gasteiger partial charge in [-0.2, -0.15) is 0 Å². The molecule has 0 heterocycles. The summed E-state index contributed by atoms with van der Waals surface area (Å²) >= 11 is 0. The summed E-state index contributed by atoms with van der Waals surface area (Å²) in [6.45, 7) is 4.90. The zero-order valence-corrected chi connectivity index (χ0v) is 13.3. The first kappa shape index (κ1) is 19.7. The van der Waals surface area contributed by atoms with Crippen LogP contribution in [-0.4, -0.2) is 42.2 Å². The fraction of sp³-hybridized carbons (Fsp3) is 0.889. The van der Waals surface area contributed by atoms with E-state index < -0.39 is 32.1 Å². The van der Waals surface area contributed by atoms with Crippen molar-refractivity contribution in [3.05, 3.63) is 0 Å². The average Bonchev–Trinajstić information content (AvgIpc) is 2.18. The van der Waals surface area contributed by atoms with E-state index in [0.717, 1.165) is 0 Å². The summed E-state index contributed by atoms with van der Waals surface area (Å²) in [7, 11) is -10.9. The maximum absolute atomic E-state index is 11.5. The van der Waals surface area contributed by atoms with Gasteiger partial charge < -0.3 is 30.0 Å². The van der Waals surface area contributed by atoms with Crippen LogP contribution in [0.15, 0.2) is 0 Å². The Kier molecular flexibility index (Phi) is 6.15. The number of carbonyl (C=O) groups is 1. The molecule has 0 saturated heterocycles. The van der Waals surface area contributed by atoms with Crippen molar-refractivity contribution in [3.63, 3.8) is 0 Å². The highest BCUT2D eigenvalue weighted by molar-refractivity contribution is 7.72. The van der Waals surface area contributed by atoms with Gasteiger partial charge in [0, 0.05) is 18.4 Å². The maximum Gasteiger partial charge on any atom is 0.369 e. The topological polar surface area (TPSA) is 164 Å². The molecule has 1 amide bonds. The Morgan fingerprint density at radius 3 is 1.75 bits per heavy atom. The molecule has 9 nitrogen and oxygen atoms in total. The van der Waals surface area contributed by atoms with Gasteiger partial charge in [-0.1, -0.05) is 20.8 Å². The number of rotatable bonds is 6. The number of amides is 1. The fourth-order valence-corrected chi connectivity index (χ4v) is 3.51. The van der Waals surface area contributed by atoms with Gasteiger partial charge in [0.1, 0.15) is 0 Å². The highest BCUT2D eigenvalue weighted by atomic mass is 31.2. The number of nitrogens with one attached hydrogen (secondary N) is 1. The Morgan fingerprint density at radius 1 is 1.05 bits per heavy atom. The highest BCUT2D eigenvalue weighted by Crippen LogP contribution is 2.69. The Labute approximate surface area is 116 Å². The smallest absolute Gasteiger partial charge is 0.368 e. The highest BCUT2D eigenvalue weighted by Gasteiger charge is 2.58. The number of carbonyl (C=O) groups excluding carboxylic acids is 1. The summed E-state index contributed by atoms with van der Waals surface area (Å²) in [5.74, 6) is -0.326. The van der Waals surface area contributed by atoms with Crippen LogP contribution in [0.25, 0.3) is 0 Å². The van der Waals surface area contributed by atoms with E-state index in [2.05, 4.69) is 5.32 Å². The van der Waals surface area contributed by atoms with Crippen molar-refractivity contribution in [2.45, 2.75) is 38.7 Å². The molecule has 11 heteroatoms. The van der Waals surface area contributed by atoms with Crippen molar-refractivity contribution in [1.29, 1.82) is 0 Å². The van der Waals surface area contributed by atoms with Crippen molar-refractivity contribution < 1.29 is 38.6 Å². The second-order valence-corrected chi connectivity index (χ2v) is 9.48. The number of hydrogen-bond donors (Lipinski definition) is 6. The minimum atomic E-state index is -5.43. The molecular formula is C9H21NO8P2. The average molecular weight is 333 g/mol. The van der Waals surface area contributed by atoms with Crippen molar-refractivity contribution in [2.24, 2.45) is 5.41 Å². The maximum atomic E-state index is 11.5. The normalized spacial score (nSPS) is 14.2. The van der Waals surface area contributed by atoms with Crippen molar-refractivity contribution >= 4 is 21.1 Å². The van der Waals surface area contributed by atoms with Crippen LogP contribution in [0.1, 0.15) is 33.6 Å². The van der Waals surface area contributed by atoms with Gasteiger partial charge in [-0.05, 0) is 6.42 Å². The first-order valence-electron chi connectivity index (χ1n) is 5.75. The predicted molar refractivity (Wildman–Crippen MR) is 70.7 cm³/mol. The van der Waals surface area contributed by atoms with Crippen LogP contribution in [0.2, 0.25) is 0 Å². The molecule has 20 heavy (non-hydrogen) atoms. The molecule has 0 atom stereocenters. The van der Waals surface area contributed by atoms with Crippen LogP contribution < -0.4 is 5.32 Å². The Hall–Kier alpha value is -0.270. The van der Waals surface area contributed by atoms with Gasteiger partial charge >= 0.3 is 15.2 Å². The zero-order valence-electron chi connectivity index (χ0n) is 11.5. The third-order valence-corrected chi connectivity index (χ3v) is 6.47. The van der Waals surface area contributed by atoms with Crippen LogP contribution >= 0.6 is 15.2 Å². The standard InChI is InChI=1S/C9H21NO8P2/c1-8(2,3)7(11)10-6-4-5-9(12,19(13,14)15)20(16,17)18/h12H,4-6H2,1-3H3,(H,10,11)(H2,13,14,15)(H2,16,17,18). The molecule has 0 bridgehead atoms. The van der Waals surface area contributed by atoms with Crippen LogP contribution in [0, 0.1) is 5.41 Å². The van der Waals surface area contributed by atoms with E-state index in [9.17, 15) is 19.0 Å². The Morgan fingerprint density at radius 2 is 1.45 bits per heavy atom. The summed E-state index contributed by atoms with van der Waals surface area (Å²) in [4.78, 5) is 47.1. The molecule has 0 spiro atoms. The molecule has 0 radical (unpaired) electrons. The van der Waals surface area contributed by atoms with E-state index in [-0.39, 0.29) is 18.9 Å². The molecule has 0 aromatic carbocycles. The van der Waals surface area contributed by atoms with Gasteiger partial charge in [-0.15, -0.1) is 0 Å². The Bertz CT molecular complexity index is 423. The molecule has 6 N–H and O–H groups in total. The van der Waals surface area contributed by atoms with Gasteiger partial charge in [-0.3, -0.25) is 13.9 Å². The lowest BCUT2D eigenvalue weighted by Gasteiger charge is -2.29. The zero-order chi connectivity index (χ0) is 16.4. The minimum Gasteiger partial charge on any atom is -0.368 e. The van der Waals surface area contributed by atoms with Gasteiger partial charge in [-0.25, -0.2) is 0 Å². The third-order valence-electron chi connectivity index (χ3n) is 2.59. The third kappa shape index (κ3) is 4.93. The molecule has 120 valence electrons. The van der Waals surface area contributed by atoms with Gasteiger partial charge in [0.25, 0.3) is 5.08 Å². The molecular weight excluding hydrogens is 312 g/mol. The lowest BCUT2D eigenvalue weighted by molar-refractivity contribution is -0.128. The van der Waals surface area contributed by atoms with Gasteiger partial charge in [0.2, 0.25) is 5.91 Å². The monoisotopic (exact) mass is 333 g/mol. The predicted octanol–water partition coefficient (Wildman–Crippen LogP) is -0.0696. The van der Waals surface area contributed by atoms with Crippen LogP contribution in [-0.2, 0) is 13.9 Å². The van der Waals surface area contributed by atoms with Gasteiger partial charge in [0.05, 0.1) is 0 Å². The van der Waals surface area contributed by atoms with Crippen LogP contribution in [0.4, 0.5) is 0 Å². The van der Waals surface area contributed by atoms with Gasteiger partial charge in [0.15, 0.2) is 0 Å². The molecule has 0 aromatic rings. The van der Waals surface area contributed by atoms with Crippen molar-refractivity contribution in [1.82, 2.24) is 5.32 Å².